The van der Waals surface area contributed by atoms with Crippen molar-refractivity contribution in [2.75, 3.05) is 5.32 Å². The number of aryl methyl sites for hydroxylation is 2. The fraction of sp³-hybridized carbons (Fsp3) is 0.240. The van der Waals surface area contributed by atoms with E-state index in [1.165, 1.54) is 0 Å². The number of aliphatic hydroxyl groups is 1. The molecule has 0 aliphatic heterocycles. The van der Waals surface area contributed by atoms with Crippen molar-refractivity contribution in [3.8, 4) is 11.1 Å². The molecule has 0 saturated heterocycles. The maximum absolute atomic E-state index is 13.4. The van der Waals surface area contributed by atoms with Crippen LogP contribution in [0.15, 0.2) is 48.7 Å². The van der Waals surface area contributed by atoms with Gasteiger partial charge < -0.3 is 15.7 Å². The van der Waals surface area contributed by atoms with Gasteiger partial charge in [0.05, 0.1) is 11.3 Å². The Bertz CT molecular complexity index is 1190. The summed E-state index contributed by atoms with van der Waals surface area (Å²) in [6.07, 6.45) is -0.0665. The highest BCUT2D eigenvalue weighted by Gasteiger charge is 2.20. The molecule has 2 aromatic carbocycles. The van der Waals surface area contributed by atoms with Crippen LogP contribution in [0.2, 0.25) is 0 Å². The second-order valence-electron chi connectivity index (χ2n) is 8.11. The van der Waals surface area contributed by atoms with E-state index in [4.69, 9.17) is 0 Å². The zero-order valence-corrected chi connectivity index (χ0v) is 18.7. The molecule has 6 nitrogen and oxygen atoms in total. The number of aromatic nitrogens is 1. The summed E-state index contributed by atoms with van der Waals surface area (Å²) in [6, 6.07) is 9.31. The molecule has 1 aromatic heterocycles. The lowest BCUT2D eigenvalue weighted by Gasteiger charge is -2.15. The average Bonchev–Trinajstić information content (AvgIpc) is 2.72. The molecule has 2 amide bonds. The highest BCUT2D eigenvalue weighted by Crippen LogP contribution is 2.28. The predicted molar refractivity (Wildman–Crippen MR) is 122 cm³/mol. The fourth-order valence-electron chi connectivity index (χ4n) is 3.41. The molecule has 0 bridgehead atoms. The van der Waals surface area contributed by atoms with Gasteiger partial charge in [-0.1, -0.05) is 6.07 Å². The lowest BCUT2D eigenvalue weighted by atomic mass is 9.99. The number of nitrogens with one attached hydrogen (secondary N) is 2. The molecule has 0 unspecified atom stereocenters. The van der Waals surface area contributed by atoms with Crippen LogP contribution < -0.4 is 10.6 Å². The van der Waals surface area contributed by atoms with E-state index >= 15 is 0 Å². The summed E-state index contributed by atoms with van der Waals surface area (Å²) in [6.45, 7) is 7.35. The first-order chi connectivity index (χ1) is 15.5. The third kappa shape index (κ3) is 5.78. The molecule has 0 aliphatic rings. The molecule has 1 heterocycles. The fourth-order valence-corrected chi connectivity index (χ4v) is 3.41. The number of amides is 2. The number of carbonyl (C=O) groups excluding carboxylic acids is 2. The zero-order chi connectivity index (χ0) is 24.3. The second-order valence-corrected chi connectivity index (χ2v) is 8.11. The van der Waals surface area contributed by atoms with Crippen LogP contribution in [0.25, 0.3) is 11.1 Å². The quantitative estimate of drug-likeness (QED) is 0.514. The van der Waals surface area contributed by atoms with Gasteiger partial charge in [-0.3, -0.25) is 14.6 Å². The molecule has 0 radical (unpaired) electrons. The highest BCUT2D eigenvalue weighted by atomic mass is 19.1. The van der Waals surface area contributed by atoms with E-state index in [1.807, 2.05) is 20.8 Å². The van der Waals surface area contributed by atoms with Crippen molar-refractivity contribution in [3.05, 3.63) is 82.7 Å². The Balaban J connectivity index is 1.81. The summed E-state index contributed by atoms with van der Waals surface area (Å²) >= 11 is 0. The Labute approximate surface area is 190 Å². The van der Waals surface area contributed by atoms with Crippen LogP contribution in [0.5, 0.6) is 0 Å². The van der Waals surface area contributed by atoms with Gasteiger partial charge in [-0.25, -0.2) is 8.78 Å². The summed E-state index contributed by atoms with van der Waals surface area (Å²) in [5.41, 5.74) is 3.64. The topological polar surface area (TPSA) is 91.3 Å². The number of hydrogen-bond acceptors (Lipinski definition) is 4. The van der Waals surface area contributed by atoms with Crippen LogP contribution in [0.1, 0.15) is 47.1 Å². The van der Waals surface area contributed by atoms with Gasteiger partial charge in [0.1, 0.15) is 11.6 Å². The number of carbonyl (C=O) groups is 2. The molecule has 8 heteroatoms. The Morgan fingerprint density at radius 2 is 1.67 bits per heavy atom. The van der Waals surface area contributed by atoms with E-state index in [-0.39, 0.29) is 17.5 Å². The molecule has 0 aliphatic carbocycles. The van der Waals surface area contributed by atoms with Gasteiger partial charge in [-0.2, -0.15) is 0 Å². The molecular formula is C25H25F2N3O3. The standard InChI is InChI=1S/C25H25F2N3O3/c1-13(2)29-24(32)22-10-17(12-28-15(22)4)21-6-5-20(7-14(21)3)30-25(33)23(31)16-8-18(26)11-19(27)9-16/h5-13,23,31H,1-4H3,(H,29,32)(H,30,33)/t23-/m0/s1. The summed E-state index contributed by atoms with van der Waals surface area (Å²) in [4.78, 5) is 29.2. The van der Waals surface area contributed by atoms with Gasteiger partial charge in [0, 0.05) is 29.6 Å². The Kier molecular flexibility index (Phi) is 7.18. The van der Waals surface area contributed by atoms with Gasteiger partial charge in [-0.15, -0.1) is 0 Å². The number of pyridine rings is 1. The lowest BCUT2D eigenvalue weighted by molar-refractivity contribution is -0.124. The number of aliphatic hydroxyl groups excluding tert-OH is 1. The first kappa shape index (κ1) is 24.0. The average molecular weight is 453 g/mol. The molecule has 3 rings (SSSR count). The van der Waals surface area contributed by atoms with Gasteiger partial charge in [-0.05, 0) is 74.7 Å². The monoisotopic (exact) mass is 453 g/mol. The minimum absolute atomic E-state index is 0.00981. The van der Waals surface area contributed by atoms with Crippen molar-refractivity contribution in [1.82, 2.24) is 10.3 Å². The maximum atomic E-state index is 13.4. The number of nitrogens with zero attached hydrogens (tertiary/aromatic N) is 1. The number of hydrogen-bond donors (Lipinski definition) is 3. The maximum Gasteiger partial charge on any atom is 0.257 e. The normalized spacial score (nSPS) is 11.9. The van der Waals surface area contributed by atoms with E-state index in [2.05, 4.69) is 15.6 Å². The van der Waals surface area contributed by atoms with Gasteiger partial charge in [0.2, 0.25) is 0 Å². The third-order valence-electron chi connectivity index (χ3n) is 5.01. The molecule has 1 atom stereocenters. The molecule has 172 valence electrons. The predicted octanol–water partition coefficient (Wildman–Crippen LogP) is 4.45. The first-order valence-corrected chi connectivity index (χ1v) is 10.4. The van der Waals surface area contributed by atoms with Crippen molar-refractivity contribution in [1.29, 1.82) is 0 Å². The minimum Gasteiger partial charge on any atom is -0.378 e. The van der Waals surface area contributed by atoms with Crippen LogP contribution in [-0.4, -0.2) is 27.9 Å². The van der Waals surface area contributed by atoms with E-state index in [0.717, 1.165) is 28.8 Å². The van der Waals surface area contributed by atoms with Crippen LogP contribution in [0.4, 0.5) is 14.5 Å². The molecule has 0 fully saturated rings. The third-order valence-corrected chi connectivity index (χ3v) is 5.01. The Morgan fingerprint density at radius 1 is 1.00 bits per heavy atom. The van der Waals surface area contributed by atoms with E-state index in [9.17, 15) is 23.5 Å². The largest absolute Gasteiger partial charge is 0.378 e. The van der Waals surface area contributed by atoms with Crippen molar-refractivity contribution >= 4 is 17.5 Å². The van der Waals surface area contributed by atoms with Crippen molar-refractivity contribution in [2.24, 2.45) is 0 Å². The first-order valence-electron chi connectivity index (χ1n) is 10.4. The number of halogens is 2. The summed E-state index contributed by atoms with van der Waals surface area (Å²) in [5.74, 6) is -2.80. The molecular weight excluding hydrogens is 428 g/mol. The SMILES string of the molecule is Cc1cc(NC(=O)[C@@H](O)c2cc(F)cc(F)c2)ccc1-c1cnc(C)c(C(=O)NC(C)C)c1. The van der Waals surface area contributed by atoms with Crippen LogP contribution in [0.3, 0.4) is 0 Å². The molecule has 3 aromatic rings. The summed E-state index contributed by atoms with van der Waals surface area (Å²) < 4.78 is 26.8. The zero-order valence-electron chi connectivity index (χ0n) is 18.7. The minimum atomic E-state index is -1.74. The van der Waals surface area contributed by atoms with Crippen LogP contribution >= 0.6 is 0 Å². The summed E-state index contributed by atoms with van der Waals surface area (Å²) in [5, 5.41) is 15.6. The van der Waals surface area contributed by atoms with Gasteiger partial charge >= 0.3 is 0 Å². The molecule has 33 heavy (non-hydrogen) atoms. The van der Waals surface area contributed by atoms with E-state index in [1.54, 1.807) is 37.4 Å². The second kappa shape index (κ2) is 9.87. The molecule has 0 spiro atoms. The molecule has 0 saturated carbocycles. The Morgan fingerprint density at radius 3 is 2.27 bits per heavy atom. The van der Waals surface area contributed by atoms with Crippen molar-refractivity contribution in [2.45, 2.75) is 39.8 Å². The van der Waals surface area contributed by atoms with E-state index in [0.29, 0.717) is 23.0 Å². The number of benzene rings is 2. The summed E-state index contributed by atoms with van der Waals surface area (Å²) in [7, 11) is 0. The Hall–Kier alpha value is -3.65. The number of rotatable bonds is 6. The van der Waals surface area contributed by atoms with E-state index < -0.39 is 23.6 Å². The van der Waals surface area contributed by atoms with Crippen molar-refractivity contribution < 1.29 is 23.5 Å². The smallest absolute Gasteiger partial charge is 0.257 e. The van der Waals surface area contributed by atoms with Crippen molar-refractivity contribution in [3.63, 3.8) is 0 Å². The lowest BCUT2D eigenvalue weighted by Crippen LogP contribution is -2.30. The molecule has 3 N–H and O–H groups in total. The van der Waals surface area contributed by atoms with Crippen LogP contribution in [-0.2, 0) is 4.79 Å². The van der Waals surface area contributed by atoms with Crippen LogP contribution in [0, 0.1) is 25.5 Å². The highest BCUT2D eigenvalue weighted by molar-refractivity contribution is 5.97. The van der Waals surface area contributed by atoms with Gasteiger partial charge in [0.15, 0.2) is 6.10 Å². The van der Waals surface area contributed by atoms with Gasteiger partial charge in [0.25, 0.3) is 11.8 Å². The number of anilines is 1.